The van der Waals surface area contributed by atoms with Crippen LogP contribution in [-0.2, 0) is 20.3 Å². The summed E-state index contributed by atoms with van der Waals surface area (Å²) in [6.07, 6.45) is 3.76. The molecule has 8 heteroatoms. The van der Waals surface area contributed by atoms with Crippen LogP contribution in [-0.4, -0.2) is 52.9 Å². The van der Waals surface area contributed by atoms with E-state index in [1.54, 1.807) is 0 Å². The van der Waals surface area contributed by atoms with Crippen molar-refractivity contribution in [2.45, 2.75) is 45.6 Å². The van der Waals surface area contributed by atoms with Crippen molar-refractivity contribution in [3.8, 4) is 0 Å². The summed E-state index contributed by atoms with van der Waals surface area (Å²) in [5.74, 6) is 0.230. The van der Waals surface area contributed by atoms with Crippen LogP contribution < -0.4 is 4.90 Å². The van der Waals surface area contributed by atoms with Crippen LogP contribution in [0.1, 0.15) is 38.7 Å². The number of benzene rings is 2. The number of likely N-dealkylation sites (tertiary alicyclic amines) is 1. The van der Waals surface area contributed by atoms with E-state index in [2.05, 4.69) is 51.9 Å². The summed E-state index contributed by atoms with van der Waals surface area (Å²) in [4.78, 5) is 32.9. The third kappa shape index (κ3) is 9.23. The number of phosphoric acid groups is 1. The van der Waals surface area contributed by atoms with Gasteiger partial charge < -0.3 is 19.6 Å². The van der Waals surface area contributed by atoms with Crippen molar-refractivity contribution < 1.29 is 23.7 Å². The molecule has 7 nitrogen and oxygen atoms in total. The molecule has 1 saturated heterocycles. The molecule has 0 radical (unpaired) electrons. The van der Waals surface area contributed by atoms with Crippen LogP contribution in [0.25, 0.3) is 0 Å². The number of hydrogen-bond acceptors (Lipinski definition) is 4. The molecule has 0 unspecified atom stereocenters. The molecule has 2 aromatic carbocycles. The van der Waals surface area contributed by atoms with E-state index in [0.717, 1.165) is 44.6 Å². The Bertz CT molecular complexity index is 836. The predicted molar refractivity (Wildman–Crippen MR) is 127 cm³/mol. The van der Waals surface area contributed by atoms with E-state index in [4.69, 9.17) is 9.79 Å². The lowest BCUT2D eigenvalue weighted by atomic mass is 10.0. The quantitative estimate of drug-likeness (QED) is 0.570. The molecule has 0 atom stereocenters. The van der Waals surface area contributed by atoms with E-state index in [9.17, 15) is 9.36 Å². The minimum absolute atomic E-state index is 0.0459. The van der Waals surface area contributed by atoms with Crippen molar-refractivity contribution in [3.05, 3.63) is 66.2 Å². The topological polar surface area (TPSA) is 90.3 Å². The van der Waals surface area contributed by atoms with Crippen molar-refractivity contribution in [3.63, 3.8) is 0 Å². The maximum Gasteiger partial charge on any atom is 0.469 e. The second-order valence-electron chi connectivity index (χ2n) is 7.67. The van der Waals surface area contributed by atoms with Gasteiger partial charge in [-0.1, -0.05) is 55.5 Å². The standard InChI is InChI=1S/C22H28N2O.C2H7O4P/c1-2-22(25)24(20-11-7-4-8-12-20)21-14-17-23(18-15-21)16-13-19-9-5-3-6-10-19;1-2-6-7(3,4)5/h3-12,21H,2,13-18H2,1H3;2H2,1H3,(H2,3,4,5). The third-order valence-corrected chi connectivity index (χ3v) is 5.98. The fourth-order valence-corrected chi connectivity index (χ4v) is 4.15. The fraction of sp³-hybridized carbons (Fsp3) is 0.458. The van der Waals surface area contributed by atoms with Crippen molar-refractivity contribution in [1.82, 2.24) is 4.90 Å². The average Bonchev–Trinajstić information content (AvgIpc) is 2.79. The molecule has 1 aliphatic rings. The Morgan fingerprint density at radius 1 is 1.03 bits per heavy atom. The highest BCUT2D eigenvalue weighted by molar-refractivity contribution is 7.46. The first-order valence-electron chi connectivity index (χ1n) is 11.2. The van der Waals surface area contributed by atoms with Gasteiger partial charge in [0.1, 0.15) is 0 Å². The maximum atomic E-state index is 12.5. The first-order chi connectivity index (χ1) is 15.3. The minimum Gasteiger partial charge on any atom is -0.309 e. The van der Waals surface area contributed by atoms with Gasteiger partial charge in [-0.2, -0.15) is 0 Å². The second kappa shape index (κ2) is 13.5. The third-order valence-electron chi connectivity index (χ3n) is 5.38. The van der Waals surface area contributed by atoms with E-state index < -0.39 is 7.82 Å². The Kier molecular flexibility index (Phi) is 11.1. The maximum absolute atomic E-state index is 12.5. The van der Waals surface area contributed by atoms with Crippen molar-refractivity contribution in [2.24, 2.45) is 0 Å². The molecule has 0 aromatic heterocycles. The van der Waals surface area contributed by atoms with Gasteiger partial charge in [-0.05, 0) is 43.9 Å². The first kappa shape index (κ1) is 26.2. The monoisotopic (exact) mass is 462 g/mol. The summed E-state index contributed by atoms with van der Waals surface area (Å²) in [7, 11) is -4.17. The van der Waals surface area contributed by atoms with Crippen LogP contribution in [0.5, 0.6) is 0 Å². The summed E-state index contributed by atoms with van der Waals surface area (Å²) < 4.78 is 13.6. The molecule has 3 rings (SSSR count). The van der Waals surface area contributed by atoms with Gasteiger partial charge in [0, 0.05) is 37.8 Å². The average molecular weight is 463 g/mol. The number of piperidine rings is 1. The number of carbonyl (C=O) groups excluding carboxylic acids is 1. The highest BCUT2D eigenvalue weighted by atomic mass is 31.2. The molecule has 0 spiro atoms. The highest BCUT2D eigenvalue weighted by Crippen LogP contribution is 2.34. The molecule has 0 saturated carbocycles. The smallest absolute Gasteiger partial charge is 0.309 e. The lowest BCUT2D eigenvalue weighted by molar-refractivity contribution is -0.119. The molecular weight excluding hydrogens is 427 g/mol. The second-order valence-corrected chi connectivity index (χ2v) is 8.91. The van der Waals surface area contributed by atoms with E-state index in [-0.39, 0.29) is 12.5 Å². The van der Waals surface area contributed by atoms with Gasteiger partial charge in [-0.15, -0.1) is 0 Å². The van der Waals surface area contributed by atoms with Gasteiger partial charge in [0.25, 0.3) is 0 Å². The number of rotatable bonds is 8. The van der Waals surface area contributed by atoms with Crippen molar-refractivity contribution in [1.29, 1.82) is 0 Å². The van der Waals surface area contributed by atoms with E-state index in [0.29, 0.717) is 12.5 Å². The fourth-order valence-electron chi connectivity index (χ4n) is 3.82. The molecule has 2 N–H and O–H groups in total. The Balaban J connectivity index is 0.000000451. The van der Waals surface area contributed by atoms with Crippen LogP contribution in [0, 0.1) is 0 Å². The van der Waals surface area contributed by atoms with Crippen LogP contribution in [0.3, 0.4) is 0 Å². The lowest BCUT2D eigenvalue weighted by Crippen LogP contribution is -2.47. The van der Waals surface area contributed by atoms with Gasteiger partial charge in [-0.25, -0.2) is 4.57 Å². The number of phosphoric ester groups is 1. The van der Waals surface area contributed by atoms with Gasteiger partial charge in [-0.3, -0.25) is 9.32 Å². The van der Waals surface area contributed by atoms with Crippen LogP contribution in [0.4, 0.5) is 5.69 Å². The number of para-hydroxylation sites is 1. The van der Waals surface area contributed by atoms with Gasteiger partial charge in [0.2, 0.25) is 5.91 Å². The normalized spacial score (nSPS) is 15.0. The largest absolute Gasteiger partial charge is 0.469 e. The Morgan fingerprint density at radius 2 is 1.59 bits per heavy atom. The summed E-state index contributed by atoms with van der Waals surface area (Å²) in [6, 6.07) is 21.1. The van der Waals surface area contributed by atoms with Crippen LogP contribution >= 0.6 is 7.82 Å². The minimum atomic E-state index is -4.17. The Morgan fingerprint density at radius 3 is 2.06 bits per heavy atom. The molecule has 0 aliphatic carbocycles. The van der Waals surface area contributed by atoms with Crippen LogP contribution in [0.15, 0.2) is 60.7 Å². The highest BCUT2D eigenvalue weighted by Gasteiger charge is 2.28. The first-order valence-corrected chi connectivity index (χ1v) is 12.7. The molecule has 2 aromatic rings. The molecule has 1 amide bonds. The summed E-state index contributed by atoms with van der Waals surface area (Å²) >= 11 is 0. The number of carbonyl (C=O) groups is 1. The Labute approximate surface area is 191 Å². The van der Waals surface area contributed by atoms with Crippen LogP contribution in [0.2, 0.25) is 0 Å². The zero-order valence-corrected chi connectivity index (χ0v) is 19.9. The molecular formula is C24H35N2O5P. The molecule has 0 bridgehead atoms. The summed E-state index contributed by atoms with van der Waals surface area (Å²) in [5.41, 5.74) is 2.44. The van der Waals surface area contributed by atoms with E-state index in [1.165, 1.54) is 12.5 Å². The Hall–Kier alpha value is -2.02. The van der Waals surface area contributed by atoms with Gasteiger partial charge >= 0.3 is 7.82 Å². The summed E-state index contributed by atoms with van der Waals surface area (Å²) in [5, 5.41) is 0. The van der Waals surface area contributed by atoms with Gasteiger partial charge in [0.05, 0.1) is 6.61 Å². The summed E-state index contributed by atoms with van der Waals surface area (Å²) in [6.45, 7) is 6.75. The predicted octanol–water partition coefficient (Wildman–Crippen LogP) is 4.25. The zero-order chi connectivity index (χ0) is 23.4. The number of nitrogens with zero attached hydrogens (tertiary/aromatic N) is 2. The molecule has 1 fully saturated rings. The van der Waals surface area contributed by atoms with Crippen molar-refractivity contribution >= 4 is 19.4 Å². The number of anilines is 1. The number of amides is 1. The molecule has 1 aliphatic heterocycles. The van der Waals surface area contributed by atoms with Crippen molar-refractivity contribution in [2.75, 3.05) is 31.1 Å². The van der Waals surface area contributed by atoms with E-state index >= 15 is 0 Å². The zero-order valence-electron chi connectivity index (χ0n) is 19.0. The molecule has 32 heavy (non-hydrogen) atoms. The molecule has 176 valence electrons. The molecule has 1 heterocycles. The van der Waals surface area contributed by atoms with E-state index in [1.807, 2.05) is 30.0 Å². The SMILES string of the molecule is CCC(=O)N(c1ccccc1)C1CCN(CCc2ccccc2)CC1.CCOP(=O)(O)O. The van der Waals surface area contributed by atoms with Gasteiger partial charge in [0.15, 0.2) is 0 Å². The number of hydrogen-bond donors (Lipinski definition) is 2. The lowest BCUT2D eigenvalue weighted by Gasteiger charge is -2.38.